The summed E-state index contributed by atoms with van der Waals surface area (Å²) in [6.45, 7) is 1.13. The van der Waals surface area contributed by atoms with E-state index >= 15 is 0 Å². The predicted molar refractivity (Wildman–Crippen MR) is 89.2 cm³/mol. The number of methoxy groups -OCH3 is 1. The largest absolute Gasteiger partial charge is 0.496 e. The molecule has 0 unspecified atom stereocenters. The summed E-state index contributed by atoms with van der Waals surface area (Å²) in [6.07, 6.45) is 0. The van der Waals surface area contributed by atoms with Crippen molar-refractivity contribution < 1.29 is 9.47 Å². The van der Waals surface area contributed by atoms with E-state index in [1.165, 1.54) is 0 Å². The Morgan fingerprint density at radius 2 is 1.86 bits per heavy atom. The summed E-state index contributed by atoms with van der Waals surface area (Å²) in [4.78, 5) is 0. The quantitative estimate of drug-likeness (QED) is 0.817. The molecule has 0 bridgehead atoms. The van der Waals surface area contributed by atoms with Gasteiger partial charge in [0, 0.05) is 27.2 Å². The van der Waals surface area contributed by atoms with Crippen molar-refractivity contribution in [3.05, 3.63) is 57.0 Å². The van der Waals surface area contributed by atoms with Gasteiger partial charge in [-0.1, -0.05) is 27.5 Å². The molecule has 0 aliphatic carbocycles. The molecule has 0 spiro atoms. The van der Waals surface area contributed by atoms with E-state index in [0.29, 0.717) is 18.2 Å². The third-order valence-corrected chi connectivity index (χ3v) is 3.74. The van der Waals surface area contributed by atoms with E-state index in [-0.39, 0.29) is 0 Å². The summed E-state index contributed by atoms with van der Waals surface area (Å²) < 4.78 is 12.3. The highest BCUT2D eigenvalue weighted by molar-refractivity contribution is 9.10. The van der Waals surface area contributed by atoms with E-state index in [4.69, 9.17) is 21.1 Å². The monoisotopic (exact) mass is 369 g/mol. The Kier molecular flexibility index (Phi) is 5.91. The van der Waals surface area contributed by atoms with Gasteiger partial charge in [0.1, 0.15) is 18.1 Å². The molecule has 0 fully saturated rings. The summed E-state index contributed by atoms with van der Waals surface area (Å²) >= 11 is 9.49. The Balaban J connectivity index is 2.18. The fourth-order valence-electron chi connectivity index (χ4n) is 2.03. The molecule has 0 amide bonds. The lowest BCUT2D eigenvalue weighted by Crippen LogP contribution is -2.08. The first-order valence-corrected chi connectivity index (χ1v) is 7.69. The Hall–Kier alpha value is -1.23. The van der Waals surface area contributed by atoms with E-state index in [9.17, 15) is 0 Å². The lowest BCUT2D eigenvalue weighted by Gasteiger charge is -2.14. The van der Waals surface area contributed by atoms with Crippen LogP contribution in [0, 0.1) is 0 Å². The van der Waals surface area contributed by atoms with Crippen molar-refractivity contribution in [2.75, 3.05) is 14.2 Å². The summed E-state index contributed by atoms with van der Waals surface area (Å²) in [5.74, 6) is 1.62. The number of hydrogen-bond donors (Lipinski definition) is 1. The molecule has 2 rings (SSSR count). The average Bonchev–Trinajstić information content (AvgIpc) is 2.47. The van der Waals surface area contributed by atoms with E-state index < -0.39 is 0 Å². The number of rotatable bonds is 6. The molecule has 3 nitrogen and oxygen atoms in total. The molecule has 0 atom stereocenters. The second-order valence-corrected chi connectivity index (χ2v) is 5.88. The molecule has 5 heteroatoms. The van der Waals surface area contributed by atoms with Gasteiger partial charge in [0.15, 0.2) is 0 Å². The van der Waals surface area contributed by atoms with Crippen molar-refractivity contribution >= 4 is 27.5 Å². The first-order chi connectivity index (χ1) is 10.1. The van der Waals surface area contributed by atoms with Gasteiger partial charge in [0.25, 0.3) is 0 Å². The van der Waals surface area contributed by atoms with Crippen LogP contribution in [-0.4, -0.2) is 14.2 Å². The van der Waals surface area contributed by atoms with Crippen LogP contribution in [0.5, 0.6) is 11.5 Å². The van der Waals surface area contributed by atoms with Crippen molar-refractivity contribution in [2.24, 2.45) is 0 Å². The van der Waals surface area contributed by atoms with Crippen LogP contribution in [0.4, 0.5) is 0 Å². The van der Waals surface area contributed by atoms with Crippen molar-refractivity contribution in [3.8, 4) is 11.5 Å². The SMILES string of the molecule is CNCc1cc(Cl)ccc1OCc1cc(Br)ccc1OC. The lowest BCUT2D eigenvalue weighted by molar-refractivity contribution is 0.293. The first-order valence-electron chi connectivity index (χ1n) is 6.52. The van der Waals surface area contributed by atoms with Crippen LogP contribution in [0.15, 0.2) is 40.9 Å². The van der Waals surface area contributed by atoms with Gasteiger partial charge in [-0.3, -0.25) is 0 Å². The Labute approximate surface area is 138 Å². The molecular weight excluding hydrogens is 354 g/mol. The topological polar surface area (TPSA) is 30.5 Å². The highest BCUT2D eigenvalue weighted by Gasteiger charge is 2.08. The third-order valence-electron chi connectivity index (χ3n) is 3.02. The highest BCUT2D eigenvalue weighted by Crippen LogP contribution is 2.27. The minimum Gasteiger partial charge on any atom is -0.496 e. The molecule has 0 saturated heterocycles. The Morgan fingerprint density at radius 3 is 2.57 bits per heavy atom. The van der Waals surface area contributed by atoms with E-state index in [0.717, 1.165) is 27.1 Å². The molecule has 2 aromatic rings. The number of hydrogen-bond acceptors (Lipinski definition) is 3. The summed E-state index contributed by atoms with van der Waals surface area (Å²) in [5.41, 5.74) is 2.01. The van der Waals surface area contributed by atoms with E-state index in [1.807, 2.05) is 43.4 Å². The Morgan fingerprint density at radius 1 is 1.10 bits per heavy atom. The second kappa shape index (κ2) is 7.69. The molecule has 0 saturated carbocycles. The number of halogens is 2. The van der Waals surface area contributed by atoms with Crippen LogP contribution in [0.1, 0.15) is 11.1 Å². The fourth-order valence-corrected chi connectivity index (χ4v) is 2.64. The van der Waals surface area contributed by atoms with Gasteiger partial charge >= 0.3 is 0 Å². The van der Waals surface area contributed by atoms with Gasteiger partial charge in [0.2, 0.25) is 0 Å². The zero-order valence-corrected chi connectivity index (χ0v) is 14.3. The molecule has 21 heavy (non-hydrogen) atoms. The van der Waals surface area contributed by atoms with Crippen LogP contribution in [0.2, 0.25) is 5.02 Å². The van der Waals surface area contributed by atoms with Crippen molar-refractivity contribution in [3.63, 3.8) is 0 Å². The van der Waals surface area contributed by atoms with Gasteiger partial charge in [0.05, 0.1) is 7.11 Å². The standard InChI is InChI=1S/C16H17BrClNO2/c1-19-9-11-8-14(18)4-6-16(11)21-10-12-7-13(17)3-5-15(12)20-2/h3-8,19H,9-10H2,1-2H3. The molecule has 0 aliphatic rings. The van der Waals surface area contributed by atoms with Crippen LogP contribution >= 0.6 is 27.5 Å². The van der Waals surface area contributed by atoms with Gasteiger partial charge in [-0.05, 0) is 43.4 Å². The zero-order chi connectivity index (χ0) is 15.2. The van der Waals surface area contributed by atoms with Gasteiger partial charge in [-0.15, -0.1) is 0 Å². The normalized spacial score (nSPS) is 10.5. The van der Waals surface area contributed by atoms with Crippen molar-refractivity contribution in [1.82, 2.24) is 5.32 Å². The molecule has 0 radical (unpaired) electrons. The average molecular weight is 371 g/mol. The van der Waals surface area contributed by atoms with Crippen molar-refractivity contribution in [2.45, 2.75) is 13.2 Å². The summed E-state index contributed by atoms with van der Waals surface area (Å²) in [6, 6.07) is 11.5. The number of ether oxygens (including phenoxy) is 2. The smallest absolute Gasteiger partial charge is 0.125 e. The predicted octanol–water partition coefficient (Wildman–Crippen LogP) is 4.41. The van der Waals surface area contributed by atoms with Crippen LogP contribution < -0.4 is 14.8 Å². The summed E-state index contributed by atoms with van der Waals surface area (Å²) in [5, 5.41) is 3.81. The molecule has 1 N–H and O–H groups in total. The fraction of sp³-hybridized carbons (Fsp3) is 0.250. The molecule has 0 aliphatic heterocycles. The van der Waals surface area contributed by atoms with Crippen LogP contribution in [0.25, 0.3) is 0 Å². The molecule has 0 heterocycles. The second-order valence-electron chi connectivity index (χ2n) is 4.53. The van der Waals surface area contributed by atoms with Crippen molar-refractivity contribution in [1.29, 1.82) is 0 Å². The zero-order valence-electron chi connectivity index (χ0n) is 12.0. The van der Waals surface area contributed by atoms with Gasteiger partial charge < -0.3 is 14.8 Å². The minimum atomic E-state index is 0.432. The van der Waals surface area contributed by atoms with Gasteiger partial charge in [-0.2, -0.15) is 0 Å². The maximum absolute atomic E-state index is 6.03. The lowest BCUT2D eigenvalue weighted by atomic mass is 10.2. The highest BCUT2D eigenvalue weighted by atomic mass is 79.9. The maximum Gasteiger partial charge on any atom is 0.125 e. The molecule has 0 aromatic heterocycles. The van der Waals surface area contributed by atoms with E-state index in [2.05, 4.69) is 21.2 Å². The van der Waals surface area contributed by atoms with E-state index in [1.54, 1.807) is 7.11 Å². The van der Waals surface area contributed by atoms with Crippen LogP contribution in [0.3, 0.4) is 0 Å². The molecule has 112 valence electrons. The Bertz CT molecular complexity index is 619. The van der Waals surface area contributed by atoms with Crippen LogP contribution in [-0.2, 0) is 13.2 Å². The minimum absolute atomic E-state index is 0.432. The number of benzene rings is 2. The molecule has 2 aromatic carbocycles. The number of nitrogens with one attached hydrogen (secondary N) is 1. The maximum atomic E-state index is 6.03. The summed E-state index contributed by atoms with van der Waals surface area (Å²) in [7, 11) is 3.55. The third kappa shape index (κ3) is 4.37. The van der Waals surface area contributed by atoms with Gasteiger partial charge in [-0.25, -0.2) is 0 Å². The molecular formula is C16H17BrClNO2. The first kappa shape index (κ1) is 16.1.